The quantitative estimate of drug-likeness (QED) is 0.873. The van der Waals surface area contributed by atoms with Crippen molar-refractivity contribution in [1.82, 2.24) is 5.32 Å². The van der Waals surface area contributed by atoms with Crippen LogP contribution in [0, 0.1) is 11.2 Å². The van der Waals surface area contributed by atoms with E-state index < -0.39 is 17.2 Å². The molecular weight excluding hydrogens is 285 g/mol. The molecule has 4 nitrogen and oxygen atoms in total. The van der Waals surface area contributed by atoms with Gasteiger partial charge in [0.15, 0.2) is 0 Å². The highest BCUT2D eigenvalue weighted by atomic mass is 35.5. The molecule has 0 bridgehead atoms. The normalized spacial score (nSPS) is 11.1. The number of benzene rings is 1. The van der Waals surface area contributed by atoms with Crippen molar-refractivity contribution in [3.05, 3.63) is 34.1 Å². The van der Waals surface area contributed by atoms with Gasteiger partial charge in [0.1, 0.15) is 5.82 Å². The Hall–Kier alpha value is -1.62. The van der Waals surface area contributed by atoms with Crippen molar-refractivity contribution in [3.63, 3.8) is 0 Å². The molecule has 1 aromatic carbocycles. The summed E-state index contributed by atoms with van der Waals surface area (Å²) in [6.07, 6.45) is 0. The number of halogens is 2. The van der Waals surface area contributed by atoms with Crippen LogP contribution in [0.25, 0.3) is 0 Å². The molecule has 0 unspecified atom stereocenters. The minimum Gasteiger partial charge on any atom is -0.465 e. The number of rotatable bonds is 3. The molecule has 6 heteroatoms. The number of methoxy groups -OCH3 is 1. The highest BCUT2D eigenvalue weighted by molar-refractivity contribution is 6.33. The van der Waals surface area contributed by atoms with Crippen LogP contribution in [0.4, 0.5) is 4.39 Å². The van der Waals surface area contributed by atoms with Gasteiger partial charge in [0.2, 0.25) is 5.91 Å². The number of hydrogen-bond acceptors (Lipinski definition) is 3. The van der Waals surface area contributed by atoms with Crippen molar-refractivity contribution in [1.29, 1.82) is 0 Å². The zero-order valence-electron chi connectivity index (χ0n) is 11.8. The van der Waals surface area contributed by atoms with Crippen molar-refractivity contribution >= 4 is 23.5 Å². The first kappa shape index (κ1) is 16.4. The zero-order valence-corrected chi connectivity index (χ0v) is 12.6. The van der Waals surface area contributed by atoms with E-state index in [-0.39, 0.29) is 28.6 Å². The van der Waals surface area contributed by atoms with Gasteiger partial charge in [-0.05, 0) is 12.1 Å². The van der Waals surface area contributed by atoms with E-state index in [1.54, 1.807) is 20.8 Å². The Morgan fingerprint density at radius 1 is 1.35 bits per heavy atom. The van der Waals surface area contributed by atoms with Crippen LogP contribution in [0.2, 0.25) is 5.02 Å². The van der Waals surface area contributed by atoms with Crippen molar-refractivity contribution in [2.75, 3.05) is 7.11 Å². The third kappa shape index (κ3) is 3.93. The summed E-state index contributed by atoms with van der Waals surface area (Å²) in [5, 5.41) is 2.58. The Morgan fingerprint density at radius 3 is 2.45 bits per heavy atom. The molecule has 0 atom stereocenters. The summed E-state index contributed by atoms with van der Waals surface area (Å²) in [6.45, 7) is 5.23. The smallest absolute Gasteiger partial charge is 0.339 e. The average molecular weight is 302 g/mol. The second kappa shape index (κ2) is 6.22. The molecule has 1 amide bonds. The van der Waals surface area contributed by atoms with Crippen LogP contribution in [0.15, 0.2) is 12.1 Å². The standard InChI is InChI=1S/C14H17ClFNO3/c1-14(2,3)13(19)17-7-8-5-9(12(18)20-4)10(15)6-11(8)16/h5-6H,7H2,1-4H3,(H,17,19). The lowest BCUT2D eigenvalue weighted by atomic mass is 9.95. The van der Waals surface area contributed by atoms with Gasteiger partial charge in [-0.1, -0.05) is 32.4 Å². The van der Waals surface area contributed by atoms with Gasteiger partial charge in [-0.25, -0.2) is 9.18 Å². The minimum atomic E-state index is -0.654. The topological polar surface area (TPSA) is 55.4 Å². The molecular formula is C14H17ClFNO3. The highest BCUT2D eigenvalue weighted by Gasteiger charge is 2.21. The number of esters is 1. The van der Waals surface area contributed by atoms with Crippen molar-refractivity contribution in [2.45, 2.75) is 27.3 Å². The van der Waals surface area contributed by atoms with E-state index in [0.29, 0.717) is 0 Å². The molecule has 0 aliphatic heterocycles. The fourth-order valence-corrected chi connectivity index (χ4v) is 1.66. The van der Waals surface area contributed by atoms with E-state index in [2.05, 4.69) is 10.1 Å². The molecule has 0 spiro atoms. The van der Waals surface area contributed by atoms with Crippen LogP contribution >= 0.6 is 11.6 Å². The average Bonchev–Trinajstić information content (AvgIpc) is 2.35. The molecule has 0 saturated heterocycles. The summed E-state index contributed by atoms with van der Waals surface area (Å²) in [6, 6.07) is 2.32. The Balaban J connectivity index is 2.96. The largest absolute Gasteiger partial charge is 0.465 e. The molecule has 0 heterocycles. The summed E-state index contributed by atoms with van der Waals surface area (Å²) in [7, 11) is 1.21. The lowest BCUT2D eigenvalue weighted by Crippen LogP contribution is -2.34. The van der Waals surface area contributed by atoms with E-state index in [9.17, 15) is 14.0 Å². The molecule has 20 heavy (non-hydrogen) atoms. The third-order valence-electron chi connectivity index (χ3n) is 2.66. The molecule has 1 aromatic rings. The first-order valence-corrected chi connectivity index (χ1v) is 6.39. The van der Waals surface area contributed by atoms with Gasteiger partial charge in [-0.2, -0.15) is 0 Å². The monoisotopic (exact) mass is 301 g/mol. The van der Waals surface area contributed by atoms with E-state index >= 15 is 0 Å². The maximum absolute atomic E-state index is 13.8. The first-order chi connectivity index (χ1) is 9.16. The molecule has 0 fully saturated rings. The second-order valence-electron chi connectivity index (χ2n) is 5.35. The number of amides is 1. The first-order valence-electron chi connectivity index (χ1n) is 6.01. The van der Waals surface area contributed by atoms with Crippen LogP contribution in [0.3, 0.4) is 0 Å². The second-order valence-corrected chi connectivity index (χ2v) is 5.75. The summed E-state index contributed by atoms with van der Waals surface area (Å²) in [5.41, 5.74) is -0.336. The van der Waals surface area contributed by atoms with E-state index in [1.807, 2.05) is 0 Å². The Kier molecular flexibility index (Phi) is 5.11. The summed E-state index contributed by atoms with van der Waals surface area (Å²) in [4.78, 5) is 23.2. The number of nitrogens with one attached hydrogen (secondary N) is 1. The molecule has 1 N–H and O–H groups in total. The predicted molar refractivity (Wildman–Crippen MR) is 74.1 cm³/mol. The Morgan fingerprint density at radius 2 is 1.95 bits per heavy atom. The number of hydrogen-bond donors (Lipinski definition) is 1. The van der Waals surface area contributed by atoms with Crippen molar-refractivity contribution < 1.29 is 18.7 Å². The Labute approximate surface area is 122 Å². The van der Waals surface area contributed by atoms with E-state index in [1.165, 1.54) is 13.2 Å². The molecule has 1 rings (SSSR count). The van der Waals surface area contributed by atoms with Gasteiger partial charge in [-0.3, -0.25) is 4.79 Å². The molecule has 0 radical (unpaired) electrons. The summed E-state index contributed by atoms with van der Waals surface area (Å²) in [5.74, 6) is -1.46. The fourth-order valence-electron chi connectivity index (χ4n) is 1.44. The van der Waals surface area contributed by atoms with Crippen LogP contribution in [-0.4, -0.2) is 19.0 Å². The number of carbonyl (C=O) groups excluding carboxylic acids is 2. The lowest BCUT2D eigenvalue weighted by Gasteiger charge is -2.18. The third-order valence-corrected chi connectivity index (χ3v) is 2.97. The molecule has 110 valence electrons. The molecule has 0 aliphatic rings. The molecule has 0 aromatic heterocycles. The van der Waals surface area contributed by atoms with E-state index in [0.717, 1.165) is 6.07 Å². The summed E-state index contributed by atoms with van der Waals surface area (Å²) < 4.78 is 18.3. The molecule has 0 saturated carbocycles. The minimum absolute atomic E-state index is 0.0247. The number of carbonyl (C=O) groups is 2. The maximum Gasteiger partial charge on any atom is 0.339 e. The van der Waals surface area contributed by atoms with Crippen LogP contribution in [0.5, 0.6) is 0 Å². The Bertz CT molecular complexity index is 538. The SMILES string of the molecule is COC(=O)c1cc(CNC(=O)C(C)(C)C)c(F)cc1Cl. The fraction of sp³-hybridized carbons (Fsp3) is 0.429. The van der Waals surface area contributed by atoms with Gasteiger partial charge >= 0.3 is 5.97 Å². The highest BCUT2D eigenvalue weighted by Crippen LogP contribution is 2.22. The van der Waals surface area contributed by atoms with Gasteiger partial charge in [0.25, 0.3) is 0 Å². The van der Waals surface area contributed by atoms with Gasteiger partial charge in [0, 0.05) is 17.5 Å². The van der Waals surface area contributed by atoms with Gasteiger partial charge in [0.05, 0.1) is 17.7 Å². The maximum atomic E-state index is 13.8. The summed E-state index contributed by atoms with van der Waals surface area (Å²) >= 11 is 5.78. The predicted octanol–water partition coefficient (Wildman–Crippen LogP) is 2.93. The molecule has 0 aliphatic carbocycles. The van der Waals surface area contributed by atoms with Crippen LogP contribution in [0.1, 0.15) is 36.7 Å². The van der Waals surface area contributed by atoms with Crippen molar-refractivity contribution in [3.8, 4) is 0 Å². The lowest BCUT2D eigenvalue weighted by molar-refractivity contribution is -0.128. The van der Waals surface area contributed by atoms with E-state index in [4.69, 9.17) is 11.6 Å². The van der Waals surface area contributed by atoms with Crippen molar-refractivity contribution in [2.24, 2.45) is 5.41 Å². The van der Waals surface area contributed by atoms with Gasteiger partial charge in [-0.15, -0.1) is 0 Å². The van der Waals surface area contributed by atoms with Gasteiger partial charge < -0.3 is 10.1 Å². The van der Waals surface area contributed by atoms with Crippen LogP contribution in [-0.2, 0) is 16.1 Å². The number of ether oxygens (including phenoxy) is 1. The zero-order chi connectivity index (χ0) is 15.5. The van der Waals surface area contributed by atoms with Crippen LogP contribution < -0.4 is 5.32 Å².